The molecule has 2 aromatic carbocycles. The molecule has 0 saturated carbocycles. The molecule has 1 aliphatic heterocycles. The van der Waals surface area contributed by atoms with Crippen LogP contribution in [0.4, 0.5) is 11.4 Å². The first-order valence-corrected chi connectivity index (χ1v) is 7.46. The topological polar surface area (TPSA) is 78.8 Å². The number of nitrogens with zero attached hydrogens (tertiary/aromatic N) is 2. The Hall–Kier alpha value is -3.08. The van der Waals surface area contributed by atoms with Crippen LogP contribution in [0.25, 0.3) is 0 Å². The van der Waals surface area contributed by atoms with Crippen molar-refractivity contribution in [3.05, 3.63) is 59.7 Å². The van der Waals surface area contributed by atoms with E-state index in [1.807, 2.05) is 41.3 Å². The van der Waals surface area contributed by atoms with Gasteiger partial charge in [0, 0.05) is 5.69 Å². The number of aldehydes is 1. The second kappa shape index (κ2) is 7.00. The largest absolute Gasteiger partial charge is 0.336 e. The normalized spacial score (nSPS) is 16.0. The molecule has 120 valence electrons. The monoisotopic (exact) mass is 321 g/mol. The molecule has 0 aliphatic carbocycles. The van der Waals surface area contributed by atoms with Crippen LogP contribution in [0, 0.1) is 0 Å². The average Bonchev–Trinajstić information content (AvgIpc) is 2.57. The van der Waals surface area contributed by atoms with E-state index in [2.05, 4.69) is 10.3 Å². The van der Waals surface area contributed by atoms with Gasteiger partial charge in [0.2, 0.25) is 11.9 Å². The zero-order chi connectivity index (χ0) is 16.9. The molecular formula is C18H15N3O3. The Bertz CT molecular complexity index is 793. The lowest BCUT2D eigenvalue weighted by molar-refractivity contribution is -0.132. The highest BCUT2D eigenvalue weighted by molar-refractivity contribution is 6.28. The standard InChI is InChI=1S/C18H15N3O3/c22-10-17(24)18-19-11-21(18)16-7-3-14(4-8-16)9-13-1-5-15(6-2-13)20-12-23/h1-8,10,18-19H,9,11H2. The van der Waals surface area contributed by atoms with E-state index in [0.29, 0.717) is 18.6 Å². The van der Waals surface area contributed by atoms with Gasteiger partial charge in [-0.3, -0.25) is 14.9 Å². The Morgan fingerprint density at radius 1 is 1.17 bits per heavy atom. The van der Waals surface area contributed by atoms with Gasteiger partial charge in [-0.15, -0.1) is 0 Å². The van der Waals surface area contributed by atoms with E-state index in [4.69, 9.17) is 0 Å². The van der Waals surface area contributed by atoms with Crippen molar-refractivity contribution in [2.24, 2.45) is 4.99 Å². The highest BCUT2D eigenvalue weighted by atomic mass is 16.2. The fourth-order valence-corrected chi connectivity index (χ4v) is 2.61. The minimum atomic E-state index is -0.556. The van der Waals surface area contributed by atoms with Crippen molar-refractivity contribution in [3.63, 3.8) is 0 Å². The highest BCUT2D eigenvalue weighted by Crippen LogP contribution is 2.22. The van der Waals surface area contributed by atoms with Crippen LogP contribution in [0.2, 0.25) is 0 Å². The lowest BCUT2D eigenvalue weighted by atomic mass is 10.0. The number of Topliss-reactive ketones (excluding diaryl/α,β-unsaturated/α-hetero) is 1. The van der Waals surface area contributed by atoms with Gasteiger partial charge in [0.15, 0.2) is 6.29 Å². The SMILES string of the molecule is O=C=Nc1ccc(Cc2ccc(N3CNC3C(=O)C=O)cc2)cc1. The number of hydrogen-bond acceptors (Lipinski definition) is 6. The van der Waals surface area contributed by atoms with Crippen LogP contribution >= 0.6 is 0 Å². The Kier molecular flexibility index (Phi) is 4.61. The molecule has 6 nitrogen and oxygen atoms in total. The highest BCUT2D eigenvalue weighted by Gasteiger charge is 2.33. The molecule has 1 unspecified atom stereocenters. The third-order valence-corrected chi connectivity index (χ3v) is 3.94. The van der Waals surface area contributed by atoms with E-state index in [9.17, 15) is 14.4 Å². The van der Waals surface area contributed by atoms with Crippen molar-refractivity contribution >= 4 is 29.5 Å². The van der Waals surface area contributed by atoms with E-state index in [0.717, 1.165) is 23.2 Å². The number of anilines is 1. The quantitative estimate of drug-likeness (QED) is 0.379. The van der Waals surface area contributed by atoms with Gasteiger partial charge in [-0.2, -0.15) is 4.99 Å². The van der Waals surface area contributed by atoms with Crippen LogP contribution in [0.15, 0.2) is 53.5 Å². The molecule has 6 heteroatoms. The number of rotatable bonds is 6. The summed E-state index contributed by atoms with van der Waals surface area (Å²) in [5, 5.41) is 2.92. The maximum absolute atomic E-state index is 11.5. The molecule has 1 N–H and O–H groups in total. The summed E-state index contributed by atoms with van der Waals surface area (Å²) < 4.78 is 0. The molecule has 0 bridgehead atoms. The maximum Gasteiger partial charge on any atom is 0.240 e. The molecular weight excluding hydrogens is 306 g/mol. The van der Waals surface area contributed by atoms with Gasteiger partial charge < -0.3 is 4.90 Å². The smallest absolute Gasteiger partial charge is 0.240 e. The van der Waals surface area contributed by atoms with Crippen molar-refractivity contribution < 1.29 is 14.4 Å². The summed E-state index contributed by atoms with van der Waals surface area (Å²) >= 11 is 0. The maximum atomic E-state index is 11.5. The number of nitrogens with one attached hydrogen (secondary N) is 1. The van der Waals surface area contributed by atoms with Crippen molar-refractivity contribution in [3.8, 4) is 0 Å². The molecule has 1 fully saturated rings. The van der Waals surface area contributed by atoms with Gasteiger partial charge in [-0.25, -0.2) is 4.79 Å². The molecule has 1 saturated heterocycles. The molecule has 1 aliphatic rings. The average molecular weight is 321 g/mol. The number of benzene rings is 2. The number of aliphatic imine (C=N–C) groups is 1. The summed E-state index contributed by atoms with van der Waals surface area (Å²) in [7, 11) is 0. The van der Waals surface area contributed by atoms with Crippen LogP contribution < -0.4 is 10.2 Å². The Labute approximate surface area is 138 Å². The number of hydrogen-bond donors (Lipinski definition) is 1. The first kappa shape index (κ1) is 15.8. The summed E-state index contributed by atoms with van der Waals surface area (Å²) in [6, 6.07) is 15.2. The van der Waals surface area contributed by atoms with Gasteiger partial charge in [-0.1, -0.05) is 24.3 Å². The summed E-state index contributed by atoms with van der Waals surface area (Å²) in [6.45, 7) is 0.544. The van der Waals surface area contributed by atoms with Gasteiger partial charge in [0.1, 0.15) is 6.17 Å². The predicted octanol–water partition coefficient (Wildman–Crippen LogP) is 1.71. The third-order valence-electron chi connectivity index (χ3n) is 3.94. The summed E-state index contributed by atoms with van der Waals surface area (Å²) in [6.07, 6.45) is 2.05. The van der Waals surface area contributed by atoms with Gasteiger partial charge in [0.25, 0.3) is 0 Å². The van der Waals surface area contributed by atoms with Crippen LogP contribution in [0.3, 0.4) is 0 Å². The third kappa shape index (κ3) is 3.30. The molecule has 2 aromatic rings. The minimum Gasteiger partial charge on any atom is -0.336 e. The van der Waals surface area contributed by atoms with Crippen molar-refractivity contribution in [1.82, 2.24) is 5.32 Å². The predicted molar refractivity (Wildman–Crippen MR) is 88.8 cm³/mol. The Balaban J connectivity index is 1.67. The van der Waals surface area contributed by atoms with E-state index in [1.54, 1.807) is 12.1 Å². The van der Waals surface area contributed by atoms with E-state index in [-0.39, 0.29) is 0 Å². The van der Waals surface area contributed by atoms with Gasteiger partial charge in [-0.05, 0) is 41.8 Å². The van der Waals surface area contributed by atoms with Gasteiger partial charge in [0.05, 0.1) is 12.4 Å². The fraction of sp³-hybridized carbons (Fsp3) is 0.167. The zero-order valence-corrected chi connectivity index (χ0v) is 12.8. The van der Waals surface area contributed by atoms with Crippen molar-refractivity contribution in [2.45, 2.75) is 12.6 Å². The number of carbonyl (C=O) groups excluding carboxylic acids is 3. The van der Waals surface area contributed by atoms with Crippen LogP contribution in [0.1, 0.15) is 11.1 Å². The van der Waals surface area contributed by atoms with Crippen molar-refractivity contribution in [2.75, 3.05) is 11.6 Å². The van der Waals surface area contributed by atoms with Crippen molar-refractivity contribution in [1.29, 1.82) is 0 Å². The number of carbonyl (C=O) groups is 2. The lowest BCUT2D eigenvalue weighted by Gasteiger charge is -2.41. The van der Waals surface area contributed by atoms with Crippen LogP contribution in [0.5, 0.6) is 0 Å². The van der Waals surface area contributed by atoms with E-state index < -0.39 is 11.9 Å². The molecule has 0 spiro atoms. The molecule has 1 heterocycles. The molecule has 0 radical (unpaired) electrons. The second-order valence-corrected chi connectivity index (χ2v) is 5.47. The molecule has 0 aromatic heterocycles. The minimum absolute atomic E-state index is 0.344. The lowest BCUT2D eigenvalue weighted by Crippen LogP contribution is -2.66. The number of ketones is 1. The molecule has 1 atom stereocenters. The Morgan fingerprint density at radius 3 is 2.29 bits per heavy atom. The summed E-state index contributed by atoms with van der Waals surface area (Å²) in [5.74, 6) is -0.469. The molecule has 24 heavy (non-hydrogen) atoms. The number of isocyanates is 1. The zero-order valence-electron chi connectivity index (χ0n) is 12.8. The van der Waals surface area contributed by atoms with E-state index >= 15 is 0 Å². The van der Waals surface area contributed by atoms with Crippen LogP contribution in [-0.4, -0.2) is 31.0 Å². The molecule has 3 rings (SSSR count). The van der Waals surface area contributed by atoms with E-state index in [1.165, 1.54) is 6.08 Å². The summed E-state index contributed by atoms with van der Waals surface area (Å²) in [5.41, 5.74) is 3.71. The first-order chi connectivity index (χ1) is 11.7. The first-order valence-electron chi connectivity index (χ1n) is 7.46. The molecule has 0 amide bonds. The van der Waals surface area contributed by atoms with Gasteiger partial charge >= 0.3 is 0 Å². The fourth-order valence-electron chi connectivity index (χ4n) is 2.61. The van der Waals surface area contributed by atoms with Crippen LogP contribution in [-0.2, 0) is 20.8 Å². The summed E-state index contributed by atoms with van der Waals surface area (Å²) in [4.78, 5) is 37.7. The second-order valence-electron chi connectivity index (χ2n) is 5.47. The Morgan fingerprint density at radius 2 is 1.79 bits per heavy atom.